The second kappa shape index (κ2) is 9.31. The van der Waals surface area contributed by atoms with Gasteiger partial charge in [0.1, 0.15) is 5.75 Å². The number of carbonyl (C=O) groups excluding carboxylic acids is 1. The van der Waals surface area contributed by atoms with Crippen molar-refractivity contribution < 1.29 is 9.53 Å². The van der Waals surface area contributed by atoms with Gasteiger partial charge >= 0.3 is 0 Å². The summed E-state index contributed by atoms with van der Waals surface area (Å²) in [6.07, 6.45) is 0. The van der Waals surface area contributed by atoms with Gasteiger partial charge in [0.05, 0.1) is 13.2 Å². The minimum Gasteiger partial charge on any atom is -0.497 e. The van der Waals surface area contributed by atoms with Crippen molar-refractivity contribution in [3.8, 4) is 5.75 Å². The topological polar surface area (TPSA) is 44.8 Å². The van der Waals surface area contributed by atoms with E-state index in [-0.39, 0.29) is 11.9 Å². The van der Waals surface area contributed by atoms with Crippen LogP contribution < -0.4 is 15.0 Å². The van der Waals surface area contributed by atoms with Gasteiger partial charge in [0.2, 0.25) is 5.91 Å². The molecule has 1 aliphatic heterocycles. The molecule has 5 heteroatoms. The number of nitrogens with zero attached hydrogens (tertiary/aromatic N) is 2. The van der Waals surface area contributed by atoms with Crippen LogP contribution in [0.4, 0.5) is 11.4 Å². The van der Waals surface area contributed by atoms with E-state index < -0.39 is 0 Å². The number of piperazine rings is 1. The molecule has 3 rings (SSSR count). The van der Waals surface area contributed by atoms with Gasteiger partial charge in [-0.05, 0) is 43.0 Å². The van der Waals surface area contributed by atoms with Crippen LogP contribution in [0.5, 0.6) is 5.75 Å². The van der Waals surface area contributed by atoms with Gasteiger partial charge in [0.25, 0.3) is 0 Å². The van der Waals surface area contributed by atoms with E-state index in [1.54, 1.807) is 7.11 Å². The van der Waals surface area contributed by atoms with Crippen molar-refractivity contribution in [2.75, 3.05) is 43.5 Å². The summed E-state index contributed by atoms with van der Waals surface area (Å²) in [7, 11) is 1.69. The fourth-order valence-corrected chi connectivity index (χ4v) is 3.91. The van der Waals surface area contributed by atoms with Crippen molar-refractivity contribution in [2.24, 2.45) is 0 Å². The predicted molar refractivity (Wildman–Crippen MR) is 120 cm³/mol. The Morgan fingerprint density at radius 3 is 2.38 bits per heavy atom. The summed E-state index contributed by atoms with van der Waals surface area (Å²) in [5, 5.41) is 3.20. The Bertz CT molecular complexity index is 842. The molecule has 0 aromatic heterocycles. The van der Waals surface area contributed by atoms with Gasteiger partial charge in [-0.1, -0.05) is 38.1 Å². The lowest BCUT2D eigenvalue weighted by molar-refractivity contribution is -0.120. The molecule has 1 aliphatic rings. The normalized spacial score (nSPS) is 16.0. The Morgan fingerprint density at radius 1 is 1.03 bits per heavy atom. The van der Waals surface area contributed by atoms with E-state index in [0.29, 0.717) is 5.92 Å². The van der Waals surface area contributed by atoms with Gasteiger partial charge in [0, 0.05) is 43.6 Å². The van der Waals surface area contributed by atoms with Crippen LogP contribution in [-0.4, -0.2) is 50.1 Å². The van der Waals surface area contributed by atoms with E-state index in [1.807, 2.05) is 19.1 Å². The van der Waals surface area contributed by atoms with Crippen LogP contribution in [0.25, 0.3) is 0 Å². The van der Waals surface area contributed by atoms with Gasteiger partial charge in [-0.2, -0.15) is 0 Å². The van der Waals surface area contributed by atoms with Gasteiger partial charge < -0.3 is 15.0 Å². The number of aryl methyl sites for hydroxylation is 1. The number of carbonyl (C=O) groups is 1. The van der Waals surface area contributed by atoms with Gasteiger partial charge in [-0.25, -0.2) is 0 Å². The molecule has 29 heavy (non-hydrogen) atoms. The molecule has 1 atom stereocenters. The average Bonchev–Trinajstić information content (AvgIpc) is 2.74. The summed E-state index contributed by atoms with van der Waals surface area (Å²) in [6, 6.07) is 14.2. The third-order valence-corrected chi connectivity index (χ3v) is 5.84. The summed E-state index contributed by atoms with van der Waals surface area (Å²) in [4.78, 5) is 17.6. The van der Waals surface area contributed by atoms with Crippen LogP contribution >= 0.6 is 0 Å². The number of anilines is 2. The number of benzene rings is 2. The van der Waals surface area contributed by atoms with Crippen LogP contribution in [0.15, 0.2) is 42.5 Å². The monoisotopic (exact) mass is 395 g/mol. The molecule has 1 saturated heterocycles. The SMILES string of the molecule is COc1cccc(N2CCN([C@@H](C)C(=O)Nc3c(C)cccc3C(C)C)CC2)c1. The molecule has 0 spiro atoms. The number of hydrogen-bond acceptors (Lipinski definition) is 4. The van der Waals surface area contributed by atoms with E-state index in [4.69, 9.17) is 4.74 Å². The standard InChI is InChI=1S/C24H33N3O2/c1-17(2)22-11-6-8-18(3)23(22)25-24(28)19(4)26-12-14-27(15-13-26)20-9-7-10-21(16-20)29-5/h6-11,16-17,19H,12-15H2,1-5H3,(H,25,28)/t19-/m0/s1. The molecule has 5 nitrogen and oxygen atoms in total. The maximum absolute atomic E-state index is 13.0. The average molecular weight is 396 g/mol. The summed E-state index contributed by atoms with van der Waals surface area (Å²) < 4.78 is 5.34. The van der Waals surface area contributed by atoms with Crippen molar-refractivity contribution >= 4 is 17.3 Å². The van der Waals surface area contributed by atoms with Crippen LogP contribution in [0.2, 0.25) is 0 Å². The van der Waals surface area contributed by atoms with E-state index in [2.05, 4.69) is 66.2 Å². The lowest BCUT2D eigenvalue weighted by atomic mass is 9.98. The largest absolute Gasteiger partial charge is 0.497 e. The van der Waals surface area contributed by atoms with Crippen LogP contribution in [-0.2, 0) is 4.79 Å². The van der Waals surface area contributed by atoms with Crippen molar-refractivity contribution in [1.29, 1.82) is 0 Å². The highest BCUT2D eigenvalue weighted by atomic mass is 16.5. The molecule has 2 aromatic carbocycles. The van der Waals surface area contributed by atoms with Crippen molar-refractivity contribution in [1.82, 2.24) is 4.90 Å². The van der Waals surface area contributed by atoms with E-state index in [1.165, 1.54) is 11.3 Å². The minimum atomic E-state index is -0.165. The maximum Gasteiger partial charge on any atom is 0.241 e. The lowest BCUT2D eigenvalue weighted by Crippen LogP contribution is -2.52. The Kier molecular flexibility index (Phi) is 6.80. The maximum atomic E-state index is 13.0. The highest BCUT2D eigenvalue weighted by Crippen LogP contribution is 2.28. The fourth-order valence-electron chi connectivity index (χ4n) is 3.91. The first-order chi connectivity index (χ1) is 13.9. The van der Waals surface area contributed by atoms with Gasteiger partial charge in [0.15, 0.2) is 0 Å². The number of para-hydroxylation sites is 1. The third kappa shape index (κ3) is 4.91. The minimum absolute atomic E-state index is 0.0658. The van der Waals surface area contributed by atoms with E-state index in [9.17, 15) is 4.79 Å². The highest BCUT2D eigenvalue weighted by Gasteiger charge is 2.26. The second-order valence-corrected chi connectivity index (χ2v) is 8.08. The summed E-state index contributed by atoms with van der Waals surface area (Å²) in [5.74, 6) is 1.31. The zero-order valence-electron chi connectivity index (χ0n) is 18.2. The number of amides is 1. The molecule has 156 valence electrons. The molecule has 1 heterocycles. The number of hydrogen-bond donors (Lipinski definition) is 1. The third-order valence-electron chi connectivity index (χ3n) is 5.84. The van der Waals surface area contributed by atoms with Crippen LogP contribution in [0.3, 0.4) is 0 Å². The predicted octanol–water partition coefficient (Wildman–Crippen LogP) is 4.28. The smallest absolute Gasteiger partial charge is 0.241 e. The van der Waals surface area contributed by atoms with Crippen LogP contribution in [0, 0.1) is 6.92 Å². The first-order valence-electron chi connectivity index (χ1n) is 10.4. The van der Waals surface area contributed by atoms with Crippen molar-refractivity contribution in [3.05, 3.63) is 53.6 Å². The Hall–Kier alpha value is -2.53. The summed E-state index contributed by atoms with van der Waals surface area (Å²) >= 11 is 0. The fraction of sp³-hybridized carbons (Fsp3) is 0.458. The van der Waals surface area contributed by atoms with Gasteiger partial charge in [-0.15, -0.1) is 0 Å². The first-order valence-corrected chi connectivity index (χ1v) is 10.4. The summed E-state index contributed by atoms with van der Waals surface area (Å²) in [6.45, 7) is 11.9. The first kappa shape index (κ1) is 21.2. The zero-order chi connectivity index (χ0) is 21.0. The second-order valence-electron chi connectivity index (χ2n) is 8.08. The summed E-state index contributed by atoms with van der Waals surface area (Å²) in [5.41, 5.74) is 4.44. The Morgan fingerprint density at radius 2 is 1.72 bits per heavy atom. The lowest BCUT2D eigenvalue weighted by Gasteiger charge is -2.38. The van der Waals surface area contributed by atoms with Crippen molar-refractivity contribution in [2.45, 2.75) is 39.7 Å². The molecular weight excluding hydrogens is 362 g/mol. The Balaban J connectivity index is 1.62. The Labute approximate surface area is 174 Å². The number of ether oxygens (including phenoxy) is 1. The molecule has 2 aromatic rings. The molecule has 1 amide bonds. The molecular formula is C24H33N3O2. The quantitative estimate of drug-likeness (QED) is 0.793. The van der Waals surface area contributed by atoms with E-state index in [0.717, 1.165) is 43.2 Å². The number of methoxy groups -OCH3 is 1. The molecule has 0 bridgehead atoms. The van der Waals surface area contributed by atoms with Gasteiger partial charge in [-0.3, -0.25) is 9.69 Å². The molecule has 0 unspecified atom stereocenters. The zero-order valence-corrected chi connectivity index (χ0v) is 18.2. The highest BCUT2D eigenvalue weighted by molar-refractivity contribution is 5.96. The number of nitrogens with one attached hydrogen (secondary N) is 1. The molecule has 0 saturated carbocycles. The number of rotatable bonds is 6. The molecule has 0 radical (unpaired) electrons. The molecule has 0 aliphatic carbocycles. The van der Waals surface area contributed by atoms with E-state index >= 15 is 0 Å². The van der Waals surface area contributed by atoms with Crippen LogP contribution in [0.1, 0.15) is 37.8 Å². The molecule has 1 fully saturated rings. The molecule has 1 N–H and O–H groups in total. The van der Waals surface area contributed by atoms with Crippen molar-refractivity contribution in [3.63, 3.8) is 0 Å².